The van der Waals surface area contributed by atoms with Gasteiger partial charge in [-0.25, -0.2) is 0 Å². The average Bonchev–Trinajstić information content (AvgIpc) is 2.67. The molecule has 0 heterocycles. The van der Waals surface area contributed by atoms with Gasteiger partial charge in [-0.15, -0.1) is 0 Å². The third-order valence-corrected chi connectivity index (χ3v) is 4.29. The predicted octanol–water partition coefficient (Wildman–Crippen LogP) is 4.00. The maximum Gasteiger partial charge on any atom is 0.387 e. The molecule has 1 atom stereocenters. The molecule has 0 aliphatic rings. The molecule has 1 N–H and O–H groups in total. The minimum Gasteiger partial charge on any atom is -0.493 e. The SMILES string of the molecule is COc1ccc(CN(C)CCC(=O)NC(C)c2ccccc2)cc1OC(F)F. The van der Waals surface area contributed by atoms with Crippen LogP contribution in [0.15, 0.2) is 48.5 Å². The number of ether oxygens (including phenoxy) is 2. The molecule has 0 fully saturated rings. The first-order chi connectivity index (χ1) is 13.4. The summed E-state index contributed by atoms with van der Waals surface area (Å²) < 4.78 is 34.6. The quantitative estimate of drug-likeness (QED) is 0.664. The summed E-state index contributed by atoms with van der Waals surface area (Å²) in [4.78, 5) is 14.1. The smallest absolute Gasteiger partial charge is 0.387 e. The summed E-state index contributed by atoms with van der Waals surface area (Å²) >= 11 is 0. The molecule has 1 amide bonds. The van der Waals surface area contributed by atoms with Crippen molar-refractivity contribution in [3.63, 3.8) is 0 Å². The van der Waals surface area contributed by atoms with E-state index in [-0.39, 0.29) is 23.4 Å². The third kappa shape index (κ3) is 6.81. The minimum atomic E-state index is -2.92. The fourth-order valence-corrected chi connectivity index (χ4v) is 2.83. The summed E-state index contributed by atoms with van der Waals surface area (Å²) in [5.41, 5.74) is 1.84. The Labute approximate surface area is 164 Å². The van der Waals surface area contributed by atoms with E-state index in [9.17, 15) is 13.6 Å². The molecule has 0 bridgehead atoms. The number of amides is 1. The van der Waals surface area contributed by atoms with E-state index in [1.54, 1.807) is 12.1 Å². The van der Waals surface area contributed by atoms with Gasteiger partial charge in [0, 0.05) is 19.5 Å². The molecule has 2 rings (SSSR count). The molecule has 0 aliphatic heterocycles. The molecule has 2 aromatic rings. The fraction of sp³-hybridized carbons (Fsp3) is 0.381. The maximum absolute atomic E-state index is 12.5. The third-order valence-electron chi connectivity index (χ3n) is 4.29. The van der Waals surface area contributed by atoms with Crippen molar-refractivity contribution in [2.24, 2.45) is 0 Å². The van der Waals surface area contributed by atoms with Crippen LogP contribution < -0.4 is 14.8 Å². The van der Waals surface area contributed by atoms with Crippen molar-refractivity contribution < 1.29 is 23.0 Å². The Kier molecular flexibility index (Phi) is 8.19. The number of hydrogen-bond donors (Lipinski definition) is 1. The van der Waals surface area contributed by atoms with Gasteiger partial charge in [0.2, 0.25) is 5.91 Å². The standard InChI is InChI=1S/C21H26F2N2O3/c1-15(17-7-5-4-6-8-17)24-20(26)11-12-25(2)14-16-9-10-18(27-3)19(13-16)28-21(22)23/h4-10,13,15,21H,11-12,14H2,1-3H3,(H,24,26). The molecular formula is C21H26F2N2O3. The normalized spacial score (nSPS) is 12.1. The summed E-state index contributed by atoms with van der Waals surface area (Å²) in [5.74, 6) is 0.207. The molecule has 28 heavy (non-hydrogen) atoms. The molecule has 7 heteroatoms. The summed E-state index contributed by atoms with van der Waals surface area (Å²) in [5, 5.41) is 2.98. The molecule has 152 valence electrons. The van der Waals surface area contributed by atoms with Gasteiger partial charge >= 0.3 is 6.61 Å². The molecule has 0 radical (unpaired) electrons. The molecule has 0 aromatic heterocycles. The molecular weight excluding hydrogens is 366 g/mol. The number of carbonyl (C=O) groups excluding carboxylic acids is 1. The first-order valence-corrected chi connectivity index (χ1v) is 9.03. The molecule has 0 spiro atoms. The Bertz CT molecular complexity index is 757. The Hall–Kier alpha value is -2.67. The van der Waals surface area contributed by atoms with Crippen molar-refractivity contribution in [2.45, 2.75) is 32.5 Å². The van der Waals surface area contributed by atoms with E-state index in [0.717, 1.165) is 11.1 Å². The van der Waals surface area contributed by atoms with Crippen molar-refractivity contribution in [3.8, 4) is 11.5 Å². The zero-order chi connectivity index (χ0) is 20.5. The molecule has 0 aliphatic carbocycles. The zero-order valence-electron chi connectivity index (χ0n) is 16.3. The topological polar surface area (TPSA) is 50.8 Å². The monoisotopic (exact) mass is 392 g/mol. The lowest BCUT2D eigenvalue weighted by molar-refractivity contribution is -0.122. The van der Waals surface area contributed by atoms with Gasteiger partial charge in [0.05, 0.1) is 13.2 Å². The number of halogens is 2. The van der Waals surface area contributed by atoms with Crippen molar-refractivity contribution in [1.82, 2.24) is 10.2 Å². The predicted molar refractivity (Wildman–Crippen MR) is 104 cm³/mol. The molecule has 5 nitrogen and oxygen atoms in total. The Balaban J connectivity index is 1.84. The molecule has 0 saturated carbocycles. The van der Waals surface area contributed by atoms with Crippen LogP contribution in [0.4, 0.5) is 8.78 Å². The van der Waals surface area contributed by atoms with Crippen LogP contribution in [0.5, 0.6) is 11.5 Å². The van der Waals surface area contributed by atoms with E-state index in [4.69, 9.17) is 4.74 Å². The van der Waals surface area contributed by atoms with Gasteiger partial charge in [0.15, 0.2) is 11.5 Å². The number of benzene rings is 2. The van der Waals surface area contributed by atoms with Gasteiger partial charge in [-0.05, 0) is 37.2 Å². The highest BCUT2D eigenvalue weighted by Crippen LogP contribution is 2.29. The van der Waals surface area contributed by atoms with Gasteiger partial charge in [-0.3, -0.25) is 4.79 Å². The Morgan fingerprint density at radius 2 is 1.86 bits per heavy atom. The van der Waals surface area contributed by atoms with E-state index >= 15 is 0 Å². The van der Waals surface area contributed by atoms with Crippen molar-refractivity contribution in [2.75, 3.05) is 20.7 Å². The van der Waals surface area contributed by atoms with Crippen molar-refractivity contribution in [3.05, 3.63) is 59.7 Å². The maximum atomic E-state index is 12.5. The highest BCUT2D eigenvalue weighted by Gasteiger charge is 2.13. The van der Waals surface area contributed by atoms with Crippen LogP contribution >= 0.6 is 0 Å². The lowest BCUT2D eigenvalue weighted by Crippen LogP contribution is -2.30. The number of alkyl halides is 2. The van der Waals surface area contributed by atoms with Crippen LogP contribution in [-0.4, -0.2) is 38.1 Å². The average molecular weight is 392 g/mol. The molecule has 2 aromatic carbocycles. The van der Waals surface area contributed by atoms with E-state index in [2.05, 4.69) is 10.1 Å². The first kappa shape index (κ1) is 21.6. The van der Waals surface area contributed by atoms with Gasteiger partial charge < -0.3 is 19.7 Å². The highest BCUT2D eigenvalue weighted by molar-refractivity contribution is 5.76. The number of rotatable bonds is 10. The van der Waals surface area contributed by atoms with Crippen LogP contribution in [0.2, 0.25) is 0 Å². The first-order valence-electron chi connectivity index (χ1n) is 9.03. The lowest BCUT2D eigenvalue weighted by Gasteiger charge is -2.19. The van der Waals surface area contributed by atoms with E-state index in [1.807, 2.05) is 49.2 Å². The molecule has 0 saturated heterocycles. The number of hydrogen-bond acceptors (Lipinski definition) is 4. The summed E-state index contributed by atoms with van der Waals surface area (Å²) in [6.45, 7) is 0.0474. The second kappa shape index (κ2) is 10.6. The van der Waals surface area contributed by atoms with Crippen LogP contribution in [-0.2, 0) is 11.3 Å². The number of methoxy groups -OCH3 is 1. The Morgan fingerprint density at radius 3 is 2.50 bits per heavy atom. The molecule has 1 unspecified atom stereocenters. The van der Waals surface area contributed by atoms with Crippen LogP contribution in [0.25, 0.3) is 0 Å². The van der Waals surface area contributed by atoms with E-state index < -0.39 is 6.61 Å². The van der Waals surface area contributed by atoms with E-state index in [1.165, 1.54) is 13.2 Å². The highest BCUT2D eigenvalue weighted by atomic mass is 19.3. The summed E-state index contributed by atoms with van der Waals surface area (Å²) in [6, 6.07) is 14.6. The van der Waals surface area contributed by atoms with E-state index in [0.29, 0.717) is 19.5 Å². The van der Waals surface area contributed by atoms with Crippen LogP contribution in [0.3, 0.4) is 0 Å². The van der Waals surface area contributed by atoms with Crippen LogP contribution in [0, 0.1) is 0 Å². The Morgan fingerprint density at radius 1 is 1.14 bits per heavy atom. The van der Waals surface area contributed by atoms with Gasteiger partial charge in [0.25, 0.3) is 0 Å². The van der Waals surface area contributed by atoms with Crippen molar-refractivity contribution in [1.29, 1.82) is 0 Å². The zero-order valence-corrected chi connectivity index (χ0v) is 16.3. The number of carbonyl (C=O) groups is 1. The lowest BCUT2D eigenvalue weighted by atomic mass is 10.1. The van der Waals surface area contributed by atoms with Crippen LogP contribution in [0.1, 0.15) is 30.5 Å². The van der Waals surface area contributed by atoms with Crippen molar-refractivity contribution >= 4 is 5.91 Å². The fourth-order valence-electron chi connectivity index (χ4n) is 2.83. The number of nitrogens with one attached hydrogen (secondary N) is 1. The van der Waals surface area contributed by atoms with Gasteiger partial charge in [0.1, 0.15) is 0 Å². The second-order valence-corrected chi connectivity index (χ2v) is 6.55. The summed E-state index contributed by atoms with van der Waals surface area (Å²) in [7, 11) is 3.26. The second-order valence-electron chi connectivity index (χ2n) is 6.55. The summed E-state index contributed by atoms with van der Waals surface area (Å²) in [6.07, 6.45) is 0.338. The minimum absolute atomic E-state index is 0.00201. The van der Waals surface area contributed by atoms with Gasteiger partial charge in [-0.2, -0.15) is 8.78 Å². The number of nitrogens with zero attached hydrogens (tertiary/aromatic N) is 1. The van der Waals surface area contributed by atoms with Gasteiger partial charge in [-0.1, -0.05) is 36.4 Å². The largest absolute Gasteiger partial charge is 0.493 e.